The number of nitrogens with zero attached hydrogens (tertiary/aromatic N) is 1. The molecular formula is C16H19ClN2O3. The molecule has 118 valence electrons. The van der Waals surface area contributed by atoms with Crippen molar-refractivity contribution in [1.29, 1.82) is 0 Å². The summed E-state index contributed by atoms with van der Waals surface area (Å²) in [5, 5.41) is 0.568. The van der Waals surface area contributed by atoms with Gasteiger partial charge in [0, 0.05) is 36.5 Å². The van der Waals surface area contributed by atoms with E-state index in [4.69, 9.17) is 17.3 Å². The van der Waals surface area contributed by atoms with Crippen LogP contribution in [-0.4, -0.2) is 35.6 Å². The second-order valence-corrected chi connectivity index (χ2v) is 5.95. The van der Waals surface area contributed by atoms with Crippen LogP contribution < -0.4 is 5.73 Å². The van der Waals surface area contributed by atoms with Crippen LogP contribution in [0.5, 0.6) is 0 Å². The summed E-state index contributed by atoms with van der Waals surface area (Å²) in [6.45, 7) is 0.987. The van der Waals surface area contributed by atoms with Crippen molar-refractivity contribution in [2.45, 2.75) is 25.7 Å². The number of halogens is 1. The minimum absolute atomic E-state index is 0.0894. The van der Waals surface area contributed by atoms with Crippen molar-refractivity contribution in [1.82, 2.24) is 4.90 Å². The van der Waals surface area contributed by atoms with Gasteiger partial charge >= 0.3 is 0 Å². The first kappa shape index (κ1) is 16.5. The molecular weight excluding hydrogens is 304 g/mol. The number of carbonyl (C=O) groups excluding carboxylic acids is 3. The number of likely N-dealkylation sites (tertiary alicyclic amines) is 1. The van der Waals surface area contributed by atoms with Crippen LogP contribution in [-0.2, 0) is 9.59 Å². The van der Waals surface area contributed by atoms with Crippen molar-refractivity contribution >= 4 is 29.2 Å². The predicted octanol–water partition coefficient (Wildman–Crippen LogP) is 2.03. The highest BCUT2D eigenvalue weighted by atomic mass is 35.5. The summed E-state index contributed by atoms with van der Waals surface area (Å²) >= 11 is 5.77. The molecule has 22 heavy (non-hydrogen) atoms. The third kappa shape index (κ3) is 4.31. The third-order valence-corrected chi connectivity index (χ3v) is 4.16. The number of benzene rings is 1. The molecule has 1 aliphatic heterocycles. The number of primary amides is 1. The average Bonchev–Trinajstić information content (AvgIpc) is 2.53. The van der Waals surface area contributed by atoms with E-state index >= 15 is 0 Å². The highest BCUT2D eigenvalue weighted by molar-refractivity contribution is 6.30. The lowest BCUT2D eigenvalue weighted by Crippen LogP contribution is -2.44. The summed E-state index contributed by atoms with van der Waals surface area (Å²) in [6.07, 6.45) is 1.79. The van der Waals surface area contributed by atoms with Crippen LogP contribution in [0.25, 0.3) is 0 Å². The Balaban J connectivity index is 1.85. The standard InChI is InChI=1S/C16H19ClN2O3/c17-13-5-3-11(4-6-13)14(20)7-8-15(21)19-9-1-2-12(10-19)16(18)22/h3-6,12H,1-2,7-10H2,(H2,18,22). The van der Waals surface area contributed by atoms with Gasteiger partial charge in [0.1, 0.15) is 0 Å². The fraction of sp³-hybridized carbons (Fsp3) is 0.438. The smallest absolute Gasteiger partial charge is 0.223 e. The van der Waals surface area contributed by atoms with Gasteiger partial charge < -0.3 is 10.6 Å². The Hall–Kier alpha value is -1.88. The number of hydrogen-bond acceptors (Lipinski definition) is 3. The molecule has 0 radical (unpaired) electrons. The maximum absolute atomic E-state index is 12.2. The number of piperidine rings is 1. The molecule has 1 aromatic rings. The van der Waals surface area contributed by atoms with E-state index in [1.165, 1.54) is 0 Å². The molecule has 0 saturated carbocycles. The number of carbonyl (C=O) groups is 3. The Morgan fingerprint density at radius 3 is 2.50 bits per heavy atom. The molecule has 1 unspecified atom stereocenters. The molecule has 0 bridgehead atoms. The van der Waals surface area contributed by atoms with Gasteiger partial charge in [0.15, 0.2) is 5.78 Å². The van der Waals surface area contributed by atoms with Crippen molar-refractivity contribution < 1.29 is 14.4 Å². The molecule has 1 saturated heterocycles. The molecule has 2 rings (SSSR count). The Morgan fingerprint density at radius 2 is 1.86 bits per heavy atom. The van der Waals surface area contributed by atoms with Crippen LogP contribution in [0, 0.1) is 5.92 Å². The van der Waals surface area contributed by atoms with Crippen LogP contribution >= 0.6 is 11.6 Å². The quantitative estimate of drug-likeness (QED) is 0.842. The molecule has 1 fully saturated rings. The van der Waals surface area contributed by atoms with Gasteiger partial charge in [-0.1, -0.05) is 11.6 Å². The normalized spacial score (nSPS) is 18.0. The largest absolute Gasteiger partial charge is 0.369 e. The summed E-state index contributed by atoms with van der Waals surface area (Å²) in [6, 6.07) is 6.61. The molecule has 1 aromatic carbocycles. The van der Waals surface area contributed by atoms with Gasteiger partial charge in [0.2, 0.25) is 11.8 Å². The van der Waals surface area contributed by atoms with Crippen LogP contribution in [0.1, 0.15) is 36.0 Å². The zero-order chi connectivity index (χ0) is 16.1. The fourth-order valence-corrected chi connectivity index (χ4v) is 2.72. The molecule has 6 heteroatoms. The van der Waals surface area contributed by atoms with Crippen LogP contribution in [0.15, 0.2) is 24.3 Å². The Labute approximate surface area is 134 Å². The Morgan fingerprint density at radius 1 is 1.18 bits per heavy atom. The summed E-state index contributed by atoms with van der Waals surface area (Å²) in [7, 11) is 0. The monoisotopic (exact) mass is 322 g/mol. The van der Waals surface area contributed by atoms with Gasteiger partial charge in [-0.3, -0.25) is 14.4 Å². The van der Waals surface area contributed by atoms with Crippen molar-refractivity contribution in [3.8, 4) is 0 Å². The van der Waals surface area contributed by atoms with Gasteiger partial charge in [-0.25, -0.2) is 0 Å². The van der Waals surface area contributed by atoms with Crippen LogP contribution in [0.3, 0.4) is 0 Å². The van der Waals surface area contributed by atoms with Crippen LogP contribution in [0.2, 0.25) is 5.02 Å². The maximum atomic E-state index is 12.2. The van der Waals surface area contributed by atoms with E-state index in [-0.39, 0.29) is 36.4 Å². The van der Waals surface area contributed by atoms with E-state index in [0.717, 1.165) is 12.8 Å². The number of amides is 2. The second-order valence-electron chi connectivity index (χ2n) is 5.51. The maximum Gasteiger partial charge on any atom is 0.223 e. The second kappa shape index (κ2) is 7.40. The fourth-order valence-electron chi connectivity index (χ4n) is 2.59. The molecule has 2 amide bonds. The van der Waals surface area contributed by atoms with E-state index in [9.17, 15) is 14.4 Å². The lowest BCUT2D eigenvalue weighted by Gasteiger charge is -2.31. The van der Waals surface area contributed by atoms with Gasteiger partial charge in [0.05, 0.1) is 5.92 Å². The predicted molar refractivity (Wildman–Crippen MR) is 83.5 cm³/mol. The first-order valence-corrected chi connectivity index (χ1v) is 7.71. The molecule has 1 heterocycles. The zero-order valence-electron chi connectivity index (χ0n) is 12.3. The zero-order valence-corrected chi connectivity index (χ0v) is 13.0. The van der Waals surface area contributed by atoms with Crippen molar-refractivity contribution in [2.24, 2.45) is 11.7 Å². The first-order chi connectivity index (χ1) is 10.5. The van der Waals surface area contributed by atoms with Crippen molar-refractivity contribution in [3.63, 3.8) is 0 Å². The summed E-state index contributed by atoms with van der Waals surface area (Å²) in [5.41, 5.74) is 5.85. The van der Waals surface area contributed by atoms with Crippen molar-refractivity contribution in [2.75, 3.05) is 13.1 Å². The minimum Gasteiger partial charge on any atom is -0.369 e. The molecule has 1 aliphatic rings. The minimum atomic E-state index is -0.366. The van der Waals surface area contributed by atoms with E-state index in [1.54, 1.807) is 29.2 Å². The van der Waals surface area contributed by atoms with Gasteiger partial charge in [-0.15, -0.1) is 0 Å². The average molecular weight is 323 g/mol. The van der Waals surface area contributed by atoms with Crippen LogP contribution in [0.4, 0.5) is 0 Å². The highest BCUT2D eigenvalue weighted by Crippen LogP contribution is 2.18. The van der Waals surface area contributed by atoms with E-state index in [0.29, 0.717) is 23.7 Å². The number of rotatable bonds is 5. The molecule has 0 aromatic heterocycles. The summed E-state index contributed by atoms with van der Waals surface area (Å²) < 4.78 is 0. The lowest BCUT2D eigenvalue weighted by molar-refractivity contribution is -0.134. The molecule has 5 nitrogen and oxygen atoms in total. The summed E-state index contributed by atoms with van der Waals surface area (Å²) in [5.74, 6) is -0.832. The Bertz CT molecular complexity index is 571. The van der Waals surface area contributed by atoms with Crippen molar-refractivity contribution in [3.05, 3.63) is 34.9 Å². The van der Waals surface area contributed by atoms with E-state index in [2.05, 4.69) is 0 Å². The third-order valence-electron chi connectivity index (χ3n) is 3.91. The molecule has 0 aliphatic carbocycles. The number of ketones is 1. The highest BCUT2D eigenvalue weighted by Gasteiger charge is 2.26. The van der Waals surface area contributed by atoms with Gasteiger partial charge in [-0.05, 0) is 37.1 Å². The molecule has 2 N–H and O–H groups in total. The number of hydrogen-bond donors (Lipinski definition) is 1. The Kier molecular flexibility index (Phi) is 5.55. The first-order valence-electron chi connectivity index (χ1n) is 7.33. The van der Waals surface area contributed by atoms with E-state index < -0.39 is 0 Å². The topological polar surface area (TPSA) is 80.5 Å². The lowest BCUT2D eigenvalue weighted by atomic mass is 9.97. The van der Waals surface area contributed by atoms with Gasteiger partial charge in [0.25, 0.3) is 0 Å². The molecule has 0 spiro atoms. The van der Waals surface area contributed by atoms with Gasteiger partial charge in [-0.2, -0.15) is 0 Å². The number of nitrogens with two attached hydrogens (primary N) is 1. The summed E-state index contributed by atoms with van der Waals surface area (Å²) in [4.78, 5) is 37.0. The number of Topliss-reactive ketones (excluding diaryl/α,β-unsaturated/α-hetero) is 1. The van der Waals surface area contributed by atoms with E-state index in [1.807, 2.05) is 0 Å². The molecule has 1 atom stereocenters. The SMILES string of the molecule is NC(=O)C1CCCN(C(=O)CCC(=O)c2ccc(Cl)cc2)C1.